The first-order chi connectivity index (χ1) is 6.76. The third kappa shape index (κ3) is 3.44. The van der Waals surface area contributed by atoms with Gasteiger partial charge in [-0.25, -0.2) is 0 Å². The number of rotatable bonds is 5. The number of hydrogen-bond acceptors (Lipinski definition) is 3. The lowest BCUT2D eigenvalue weighted by atomic mass is 10.3. The smallest absolute Gasteiger partial charge is 0.119 e. The third-order valence-corrected chi connectivity index (χ3v) is 2.04. The lowest BCUT2D eigenvalue weighted by molar-refractivity contribution is 0.125. The summed E-state index contributed by atoms with van der Waals surface area (Å²) < 4.78 is 10.3. The summed E-state index contributed by atoms with van der Waals surface area (Å²) in [6.07, 6.45) is -0.626. The Morgan fingerprint density at radius 3 is 2.36 bits per heavy atom. The second-order valence-electron chi connectivity index (χ2n) is 2.79. The van der Waals surface area contributed by atoms with Gasteiger partial charge in [0.25, 0.3) is 0 Å². The number of methoxy groups -OCH3 is 1. The molecule has 1 aromatic carbocycles. The van der Waals surface area contributed by atoms with Crippen LogP contribution in [0.25, 0.3) is 0 Å². The van der Waals surface area contributed by atoms with Crippen molar-refractivity contribution in [2.24, 2.45) is 0 Å². The largest absolute Gasteiger partial charge is 0.497 e. The van der Waals surface area contributed by atoms with Crippen molar-refractivity contribution >= 4 is 11.6 Å². The quantitative estimate of drug-likeness (QED) is 0.762. The van der Waals surface area contributed by atoms with Crippen LogP contribution in [0.3, 0.4) is 0 Å². The van der Waals surface area contributed by atoms with Crippen LogP contribution in [0.1, 0.15) is 0 Å². The van der Waals surface area contributed by atoms with Gasteiger partial charge in [-0.2, -0.15) is 0 Å². The highest BCUT2D eigenvalue weighted by molar-refractivity contribution is 6.18. The molecule has 0 radical (unpaired) electrons. The first-order valence-electron chi connectivity index (χ1n) is 4.27. The molecule has 1 atom stereocenters. The van der Waals surface area contributed by atoms with E-state index in [0.29, 0.717) is 5.75 Å². The lowest BCUT2D eigenvalue weighted by Crippen LogP contribution is -2.18. The van der Waals surface area contributed by atoms with Crippen LogP contribution in [0.5, 0.6) is 11.5 Å². The molecule has 0 bridgehead atoms. The summed E-state index contributed by atoms with van der Waals surface area (Å²) in [5, 5.41) is 9.14. The molecule has 0 fully saturated rings. The minimum absolute atomic E-state index is 0.177. The molecule has 0 unspecified atom stereocenters. The van der Waals surface area contributed by atoms with E-state index in [-0.39, 0.29) is 12.5 Å². The van der Waals surface area contributed by atoms with Gasteiger partial charge in [0.15, 0.2) is 0 Å². The zero-order chi connectivity index (χ0) is 10.4. The van der Waals surface area contributed by atoms with Gasteiger partial charge >= 0.3 is 0 Å². The van der Waals surface area contributed by atoms with E-state index in [9.17, 15) is 0 Å². The summed E-state index contributed by atoms with van der Waals surface area (Å²) in [7, 11) is 1.60. The molecule has 1 rings (SSSR count). The minimum atomic E-state index is -0.626. The monoisotopic (exact) mass is 216 g/mol. The van der Waals surface area contributed by atoms with Crippen molar-refractivity contribution < 1.29 is 14.6 Å². The molecule has 0 aliphatic rings. The SMILES string of the molecule is COc1ccc(OC[C@H](O)CCl)cc1. The lowest BCUT2D eigenvalue weighted by Gasteiger charge is -2.09. The number of ether oxygens (including phenoxy) is 2. The summed E-state index contributed by atoms with van der Waals surface area (Å²) >= 11 is 5.42. The molecule has 0 heterocycles. The average molecular weight is 217 g/mol. The molecule has 1 aromatic rings. The predicted molar refractivity (Wildman–Crippen MR) is 55.2 cm³/mol. The van der Waals surface area contributed by atoms with E-state index in [2.05, 4.69) is 0 Å². The van der Waals surface area contributed by atoms with Crippen molar-refractivity contribution in [2.45, 2.75) is 6.10 Å². The second kappa shape index (κ2) is 5.73. The summed E-state index contributed by atoms with van der Waals surface area (Å²) in [6.45, 7) is 0.204. The highest BCUT2D eigenvalue weighted by atomic mass is 35.5. The number of aliphatic hydroxyl groups is 1. The zero-order valence-corrected chi connectivity index (χ0v) is 8.70. The van der Waals surface area contributed by atoms with Gasteiger partial charge in [0.05, 0.1) is 13.0 Å². The molecule has 3 nitrogen and oxygen atoms in total. The van der Waals surface area contributed by atoms with E-state index in [1.807, 2.05) is 0 Å². The molecular formula is C10H13ClO3. The number of halogens is 1. The summed E-state index contributed by atoms with van der Waals surface area (Å²) in [4.78, 5) is 0. The second-order valence-corrected chi connectivity index (χ2v) is 3.10. The fourth-order valence-electron chi connectivity index (χ4n) is 0.909. The zero-order valence-electron chi connectivity index (χ0n) is 7.94. The van der Waals surface area contributed by atoms with Gasteiger partial charge in [-0.3, -0.25) is 0 Å². The molecule has 0 spiro atoms. The van der Waals surface area contributed by atoms with Gasteiger partial charge in [-0.05, 0) is 24.3 Å². The van der Waals surface area contributed by atoms with Crippen LogP contribution < -0.4 is 9.47 Å². The first-order valence-corrected chi connectivity index (χ1v) is 4.80. The van der Waals surface area contributed by atoms with Crippen LogP contribution in [0.15, 0.2) is 24.3 Å². The Balaban J connectivity index is 2.43. The van der Waals surface area contributed by atoms with E-state index >= 15 is 0 Å². The standard InChI is InChI=1S/C10H13ClO3/c1-13-9-2-4-10(5-3-9)14-7-8(12)6-11/h2-5,8,12H,6-7H2,1H3/t8-/m1/s1. The van der Waals surface area contributed by atoms with E-state index < -0.39 is 6.10 Å². The molecular weight excluding hydrogens is 204 g/mol. The molecule has 0 amide bonds. The molecule has 0 saturated heterocycles. The molecule has 0 saturated carbocycles. The van der Waals surface area contributed by atoms with Crippen LogP contribution in [0, 0.1) is 0 Å². The van der Waals surface area contributed by atoms with Crippen LogP contribution in [0.2, 0.25) is 0 Å². The molecule has 0 aliphatic heterocycles. The molecule has 4 heteroatoms. The van der Waals surface area contributed by atoms with Crippen molar-refractivity contribution in [3.8, 4) is 11.5 Å². The number of aliphatic hydroxyl groups excluding tert-OH is 1. The van der Waals surface area contributed by atoms with Crippen molar-refractivity contribution in [3.63, 3.8) is 0 Å². The van der Waals surface area contributed by atoms with Crippen LogP contribution in [-0.2, 0) is 0 Å². The third-order valence-electron chi connectivity index (χ3n) is 1.68. The van der Waals surface area contributed by atoms with Gasteiger partial charge in [0, 0.05) is 0 Å². The van der Waals surface area contributed by atoms with Crippen LogP contribution in [0.4, 0.5) is 0 Å². The Bertz CT molecular complexity index is 261. The van der Waals surface area contributed by atoms with Gasteiger partial charge in [0.1, 0.15) is 24.2 Å². The summed E-state index contributed by atoms with van der Waals surface area (Å²) in [5.74, 6) is 1.64. The Labute approximate surface area is 88.2 Å². The number of hydrogen-bond donors (Lipinski definition) is 1. The van der Waals surface area contributed by atoms with E-state index in [1.165, 1.54) is 0 Å². The van der Waals surface area contributed by atoms with E-state index in [4.69, 9.17) is 26.2 Å². The van der Waals surface area contributed by atoms with Gasteiger partial charge in [-0.1, -0.05) is 0 Å². The Morgan fingerprint density at radius 1 is 1.29 bits per heavy atom. The van der Waals surface area contributed by atoms with Crippen molar-refractivity contribution in [2.75, 3.05) is 19.6 Å². The Kier molecular flexibility index (Phi) is 4.56. The molecule has 78 valence electrons. The topological polar surface area (TPSA) is 38.7 Å². The molecule has 1 N–H and O–H groups in total. The van der Waals surface area contributed by atoms with Gasteiger partial charge in [0.2, 0.25) is 0 Å². The Morgan fingerprint density at radius 2 is 1.86 bits per heavy atom. The highest BCUT2D eigenvalue weighted by Gasteiger charge is 2.02. The maximum Gasteiger partial charge on any atom is 0.119 e. The van der Waals surface area contributed by atoms with Crippen molar-refractivity contribution in [1.82, 2.24) is 0 Å². The normalized spacial score (nSPS) is 12.2. The fourth-order valence-corrected chi connectivity index (χ4v) is 0.998. The highest BCUT2D eigenvalue weighted by Crippen LogP contribution is 2.16. The van der Waals surface area contributed by atoms with E-state index in [0.717, 1.165) is 5.75 Å². The molecule has 0 aromatic heterocycles. The van der Waals surface area contributed by atoms with Crippen LogP contribution >= 0.6 is 11.6 Å². The Hall–Kier alpha value is -0.930. The predicted octanol–water partition coefficient (Wildman–Crippen LogP) is 1.67. The molecule has 0 aliphatic carbocycles. The van der Waals surface area contributed by atoms with Gasteiger partial charge in [-0.15, -0.1) is 11.6 Å². The van der Waals surface area contributed by atoms with Crippen molar-refractivity contribution in [1.29, 1.82) is 0 Å². The fraction of sp³-hybridized carbons (Fsp3) is 0.400. The average Bonchev–Trinajstić information content (AvgIpc) is 2.26. The maximum atomic E-state index is 9.14. The van der Waals surface area contributed by atoms with Gasteiger partial charge < -0.3 is 14.6 Å². The molecule has 14 heavy (non-hydrogen) atoms. The summed E-state index contributed by atoms with van der Waals surface area (Å²) in [6, 6.07) is 7.14. The first kappa shape index (κ1) is 11.1. The van der Waals surface area contributed by atoms with E-state index in [1.54, 1.807) is 31.4 Å². The summed E-state index contributed by atoms with van der Waals surface area (Å²) in [5.41, 5.74) is 0. The minimum Gasteiger partial charge on any atom is -0.497 e. The number of alkyl halides is 1. The number of benzene rings is 1. The van der Waals surface area contributed by atoms with Crippen LogP contribution in [-0.4, -0.2) is 30.8 Å². The maximum absolute atomic E-state index is 9.14. The van der Waals surface area contributed by atoms with Crippen molar-refractivity contribution in [3.05, 3.63) is 24.3 Å².